The molecule has 1 spiro atoms. The van der Waals surface area contributed by atoms with Gasteiger partial charge >= 0.3 is 0 Å². The topological polar surface area (TPSA) is 21.3 Å². The predicted molar refractivity (Wildman–Crippen MR) is 58.1 cm³/mol. The molecule has 0 bridgehead atoms. The van der Waals surface area contributed by atoms with Gasteiger partial charge in [0, 0.05) is 18.6 Å². The second-order valence-corrected chi connectivity index (χ2v) is 3.23. The lowest BCUT2D eigenvalue weighted by molar-refractivity contribution is 0.160. The molecule has 0 aromatic heterocycles. The molecule has 2 rings (SSSR count). The highest BCUT2D eigenvalue weighted by Gasteiger charge is 2.37. The van der Waals surface area contributed by atoms with Gasteiger partial charge in [0.1, 0.15) is 0 Å². The van der Waals surface area contributed by atoms with Crippen molar-refractivity contribution < 1.29 is 4.74 Å². The fourth-order valence-corrected chi connectivity index (χ4v) is 1.78. The van der Waals surface area contributed by atoms with Crippen LogP contribution in [0.1, 0.15) is 40.5 Å². The Kier molecular flexibility index (Phi) is 7.29. The Balaban J connectivity index is 0.000000322. The van der Waals surface area contributed by atoms with E-state index in [-0.39, 0.29) is 0 Å². The lowest BCUT2D eigenvalue weighted by Gasteiger charge is -2.17. The molecule has 1 unspecified atom stereocenters. The van der Waals surface area contributed by atoms with Crippen LogP contribution in [0, 0.1) is 5.41 Å². The summed E-state index contributed by atoms with van der Waals surface area (Å²) in [5, 5.41) is 3.38. The second kappa shape index (κ2) is 7.34. The molecule has 2 aliphatic rings. The van der Waals surface area contributed by atoms with Crippen molar-refractivity contribution in [3.05, 3.63) is 0 Å². The Morgan fingerprint density at radius 1 is 1.08 bits per heavy atom. The van der Waals surface area contributed by atoms with Crippen molar-refractivity contribution in [3.8, 4) is 0 Å². The maximum atomic E-state index is 5.34. The van der Waals surface area contributed by atoms with Crippen LogP contribution in [-0.4, -0.2) is 26.3 Å². The summed E-state index contributed by atoms with van der Waals surface area (Å²) < 4.78 is 5.34. The Bertz CT molecular complexity index is 85.1. The van der Waals surface area contributed by atoms with Crippen molar-refractivity contribution in [2.75, 3.05) is 26.3 Å². The number of hydrogen-bond acceptors (Lipinski definition) is 2. The third-order valence-electron chi connectivity index (χ3n) is 2.52. The molecule has 0 aromatic carbocycles. The Hall–Kier alpha value is -0.0800. The first-order chi connectivity index (χ1) is 6.41. The molecule has 0 aliphatic carbocycles. The Labute approximate surface area is 83.1 Å². The first-order valence-corrected chi connectivity index (χ1v) is 5.70. The highest BCUT2D eigenvalue weighted by molar-refractivity contribution is 4.90. The monoisotopic (exact) mass is 187 g/mol. The fraction of sp³-hybridized carbons (Fsp3) is 1.00. The SMILES string of the molecule is C1CC2(CCOC2)CN1.CC.CC. The zero-order valence-corrected chi connectivity index (χ0v) is 9.65. The van der Waals surface area contributed by atoms with Gasteiger partial charge < -0.3 is 10.1 Å². The molecule has 2 nitrogen and oxygen atoms in total. The van der Waals surface area contributed by atoms with Crippen LogP contribution in [0.2, 0.25) is 0 Å². The van der Waals surface area contributed by atoms with E-state index in [1.807, 2.05) is 27.7 Å². The van der Waals surface area contributed by atoms with Gasteiger partial charge in [0.25, 0.3) is 0 Å². The minimum atomic E-state index is 0.556. The third kappa shape index (κ3) is 3.65. The molecule has 0 amide bonds. The number of hydrogen-bond donors (Lipinski definition) is 1. The molecule has 13 heavy (non-hydrogen) atoms. The highest BCUT2D eigenvalue weighted by Crippen LogP contribution is 2.33. The van der Waals surface area contributed by atoms with E-state index in [9.17, 15) is 0 Å². The third-order valence-corrected chi connectivity index (χ3v) is 2.52. The maximum Gasteiger partial charge on any atom is 0.0535 e. The van der Waals surface area contributed by atoms with E-state index in [0.717, 1.165) is 13.2 Å². The van der Waals surface area contributed by atoms with Gasteiger partial charge in [-0.05, 0) is 19.4 Å². The van der Waals surface area contributed by atoms with Gasteiger partial charge in [-0.25, -0.2) is 0 Å². The number of ether oxygens (including phenoxy) is 1. The quantitative estimate of drug-likeness (QED) is 0.629. The standard InChI is InChI=1S/C7H13NO.2C2H6/c1-3-8-5-7(1)2-4-9-6-7;2*1-2/h8H,1-6H2;2*1-2H3. The molecular formula is C11H25NO. The molecule has 2 heteroatoms. The summed E-state index contributed by atoms with van der Waals surface area (Å²) in [4.78, 5) is 0. The van der Waals surface area contributed by atoms with Gasteiger partial charge in [-0.1, -0.05) is 27.7 Å². The molecular weight excluding hydrogens is 162 g/mol. The van der Waals surface area contributed by atoms with Crippen LogP contribution in [0.3, 0.4) is 0 Å². The van der Waals surface area contributed by atoms with E-state index in [1.165, 1.54) is 25.9 Å². The lowest BCUT2D eigenvalue weighted by Crippen LogP contribution is -2.23. The van der Waals surface area contributed by atoms with Gasteiger partial charge in [-0.15, -0.1) is 0 Å². The Morgan fingerprint density at radius 2 is 1.77 bits per heavy atom. The minimum absolute atomic E-state index is 0.556. The smallest absolute Gasteiger partial charge is 0.0535 e. The maximum absolute atomic E-state index is 5.34. The highest BCUT2D eigenvalue weighted by atomic mass is 16.5. The largest absolute Gasteiger partial charge is 0.381 e. The zero-order valence-electron chi connectivity index (χ0n) is 9.65. The van der Waals surface area contributed by atoms with Gasteiger partial charge in [0.15, 0.2) is 0 Å². The zero-order chi connectivity index (χ0) is 10.2. The molecule has 2 heterocycles. The average Bonchev–Trinajstić information content (AvgIpc) is 2.87. The number of nitrogens with one attached hydrogen (secondary N) is 1. The Morgan fingerprint density at radius 3 is 2.15 bits per heavy atom. The average molecular weight is 187 g/mol. The molecule has 0 saturated carbocycles. The molecule has 2 fully saturated rings. The van der Waals surface area contributed by atoms with Crippen molar-refractivity contribution >= 4 is 0 Å². The van der Waals surface area contributed by atoms with Crippen LogP contribution < -0.4 is 5.32 Å². The fourth-order valence-electron chi connectivity index (χ4n) is 1.78. The minimum Gasteiger partial charge on any atom is -0.381 e. The summed E-state index contributed by atoms with van der Waals surface area (Å²) in [5.74, 6) is 0. The molecule has 0 aromatic rings. The van der Waals surface area contributed by atoms with E-state index in [1.54, 1.807) is 0 Å². The van der Waals surface area contributed by atoms with E-state index in [0.29, 0.717) is 5.41 Å². The van der Waals surface area contributed by atoms with Crippen LogP contribution >= 0.6 is 0 Å². The summed E-state index contributed by atoms with van der Waals surface area (Å²) in [5.41, 5.74) is 0.556. The van der Waals surface area contributed by atoms with E-state index in [2.05, 4.69) is 5.32 Å². The second-order valence-electron chi connectivity index (χ2n) is 3.23. The summed E-state index contributed by atoms with van der Waals surface area (Å²) in [6.07, 6.45) is 2.60. The van der Waals surface area contributed by atoms with E-state index < -0.39 is 0 Å². The lowest BCUT2D eigenvalue weighted by atomic mass is 9.87. The summed E-state index contributed by atoms with van der Waals surface area (Å²) in [6.45, 7) is 12.4. The van der Waals surface area contributed by atoms with E-state index in [4.69, 9.17) is 4.74 Å². The molecule has 2 saturated heterocycles. The van der Waals surface area contributed by atoms with Crippen LogP contribution in [0.4, 0.5) is 0 Å². The molecule has 1 atom stereocenters. The molecule has 0 radical (unpaired) electrons. The van der Waals surface area contributed by atoms with Crippen molar-refractivity contribution in [2.24, 2.45) is 5.41 Å². The van der Waals surface area contributed by atoms with Crippen LogP contribution in [0.5, 0.6) is 0 Å². The first kappa shape index (κ1) is 12.9. The predicted octanol–water partition coefficient (Wildman–Crippen LogP) is 2.44. The van der Waals surface area contributed by atoms with Crippen LogP contribution in [-0.2, 0) is 4.74 Å². The normalized spacial score (nSPS) is 30.5. The molecule has 1 N–H and O–H groups in total. The van der Waals surface area contributed by atoms with Crippen molar-refractivity contribution in [3.63, 3.8) is 0 Å². The summed E-state index contributed by atoms with van der Waals surface area (Å²) in [7, 11) is 0. The van der Waals surface area contributed by atoms with Crippen LogP contribution in [0.15, 0.2) is 0 Å². The van der Waals surface area contributed by atoms with Gasteiger partial charge in [-0.3, -0.25) is 0 Å². The molecule has 2 aliphatic heterocycles. The summed E-state index contributed by atoms with van der Waals surface area (Å²) >= 11 is 0. The number of rotatable bonds is 0. The van der Waals surface area contributed by atoms with Crippen LogP contribution in [0.25, 0.3) is 0 Å². The molecule has 80 valence electrons. The summed E-state index contributed by atoms with van der Waals surface area (Å²) in [6, 6.07) is 0. The van der Waals surface area contributed by atoms with Gasteiger partial charge in [0.2, 0.25) is 0 Å². The van der Waals surface area contributed by atoms with Crippen molar-refractivity contribution in [2.45, 2.75) is 40.5 Å². The van der Waals surface area contributed by atoms with Gasteiger partial charge in [-0.2, -0.15) is 0 Å². The first-order valence-electron chi connectivity index (χ1n) is 5.70. The van der Waals surface area contributed by atoms with Crippen molar-refractivity contribution in [1.29, 1.82) is 0 Å². The van der Waals surface area contributed by atoms with E-state index >= 15 is 0 Å². The van der Waals surface area contributed by atoms with Crippen molar-refractivity contribution in [1.82, 2.24) is 5.32 Å². The van der Waals surface area contributed by atoms with Gasteiger partial charge in [0.05, 0.1) is 6.61 Å².